The Balaban J connectivity index is 1.33. The van der Waals surface area contributed by atoms with Crippen molar-refractivity contribution >= 4 is 5.91 Å². The minimum atomic E-state index is -0.243. The van der Waals surface area contributed by atoms with Gasteiger partial charge in [0.2, 0.25) is 0 Å². The van der Waals surface area contributed by atoms with Crippen molar-refractivity contribution in [2.45, 2.75) is 26.6 Å². The Kier molecular flexibility index (Phi) is 5.37. The largest absolute Gasteiger partial charge is 0.489 e. The zero-order chi connectivity index (χ0) is 20.2. The van der Waals surface area contributed by atoms with Crippen LogP contribution in [0.15, 0.2) is 53.1 Å². The molecule has 150 valence electrons. The maximum absolute atomic E-state index is 12.5. The Morgan fingerprint density at radius 3 is 2.79 bits per heavy atom. The fraction of sp³-hybridized carbons (Fsp3) is 0.273. The first-order valence-electron chi connectivity index (χ1n) is 9.41. The number of benzene rings is 2. The highest BCUT2D eigenvalue weighted by molar-refractivity contribution is 5.94. The summed E-state index contributed by atoms with van der Waals surface area (Å²) < 4.78 is 22.5. The van der Waals surface area contributed by atoms with Gasteiger partial charge in [0.15, 0.2) is 11.5 Å². The lowest BCUT2D eigenvalue weighted by molar-refractivity contribution is 0.0789. The molecular weight excluding hydrogens is 372 g/mol. The molecule has 7 nitrogen and oxygen atoms in total. The third-order valence-corrected chi connectivity index (χ3v) is 4.72. The van der Waals surface area contributed by atoms with Gasteiger partial charge in [0.25, 0.3) is 5.91 Å². The molecule has 1 aliphatic rings. The van der Waals surface area contributed by atoms with Crippen molar-refractivity contribution in [2.24, 2.45) is 0 Å². The Labute approximate surface area is 168 Å². The van der Waals surface area contributed by atoms with Crippen molar-refractivity contribution in [1.29, 1.82) is 0 Å². The number of nitrogens with zero attached hydrogens (tertiary/aromatic N) is 1. The minimum Gasteiger partial charge on any atom is -0.489 e. The lowest BCUT2D eigenvalue weighted by Gasteiger charge is -2.26. The van der Waals surface area contributed by atoms with Crippen LogP contribution in [0.1, 0.15) is 27.4 Å². The molecule has 29 heavy (non-hydrogen) atoms. The van der Waals surface area contributed by atoms with Crippen molar-refractivity contribution in [1.82, 2.24) is 10.5 Å². The molecule has 0 fully saturated rings. The van der Waals surface area contributed by atoms with Gasteiger partial charge in [0.05, 0.1) is 17.8 Å². The molecule has 1 aromatic heterocycles. The number of nitrogens with one attached hydrogen (secondary N) is 1. The summed E-state index contributed by atoms with van der Waals surface area (Å²) in [5.41, 5.74) is 2.22. The molecule has 1 unspecified atom stereocenters. The topological polar surface area (TPSA) is 82.8 Å². The standard InChI is InChI=1S/C22H22N2O5/c1-14-19(15(2)29-24-14)13-26-17-7-5-6-16(10-17)22(25)23-11-18-12-27-20-8-3-4-9-21(20)28-18/h3-10,18H,11-13H2,1-2H3,(H,23,25). The summed E-state index contributed by atoms with van der Waals surface area (Å²) in [5.74, 6) is 2.54. The highest BCUT2D eigenvalue weighted by Crippen LogP contribution is 2.30. The molecule has 0 spiro atoms. The van der Waals surface area contributed by atoms with Crippen LogP contribution in [0.25, 0.3) is 0 Å². The number of para-hydroxylation sites is 2. The lowest BCUT2D eigenvalue weighted by Crippen LogP contribution is -2.40. The first-order chi connectivity index (χ1) is 14.1. The van der Waals surface area contributed by atoms with Crippen LogP contribution in [0.2, 0.25) is 0 Å². The molecule has 3 aromatic rings. The van der Waals surface area contributed by atoms with E-state index in [-0.39, 0.29) is 12.0 Å². The first kappa shape index (κ1) is 18.9. The fourth-order valence-electron chi connectivity index (χ4n) is 3.06. The quantitative estimate of drug-likeness (QED) is 0.690. The molecule has 0 aliphatic carbocycles. The predicted molar refractivity (Wildman–Crippen MR) is 105 cm³/mol. The average Bonchev–Trinajstić information content (AvgIpc) is 3.08. The molecule has 1 amide bonds. The van der Waals surface area contributed by atoms with E-state index in [9.17, 15) is 4.79 Å². The van der Waals surface area contributed by atoms with E-state index >= 15 is 0 Å². The van der Waals surface area contributed by atoms with E-state index in [1.807, 2.05) is 44.2 Å². The van der Waals surface area contributed by atoms with Gasteiger partial charge in [-0.2, -0.15) is 0 Å². The molecule has 2 heterocycles. The average molecular weight is 394 g/mol. The van der Waals surface area contributed by atoms with Gasteiger partial charge in [0.1, 0.15) is 30.8 Å². The van der Waals surface area contributed by atoms with Gasteiger partial charge in [-0.15, -0.1) is 0 Å². The van der Waals surface area contributed by atoms with Gasteiger partial charge in [-0.25, -0.2) is 0 Å². The van der Waals surface area contributed by atoms with Crippen LogP contribution < -0.4 is 19.5 Å². The van der Waals surface area contributed by atoms with Crippen LogP contribution in [-0.4, -0.2) is 30.3 Å². The molecule has 1 N–H and O–H groups in total. The fourth-order valence-corrected chi connectivity index (χ4v) is 3.06. The van der Waals surface area contributed by atoms with E-state index in [1.54, 1.807) is 18.2 Å². The molecule has 2 aromatic carbocycles. The Hall–Kier alpha value is -3.48. The number of amides is 1. The second-order valence-electron chi connectivity index (χ2n) is 6.83. The number of aromatic nitrogens is 1. The van der Waals surface area contributed by atoms with E-state index < -0.39 is 0 Å². The van der Waals surface area contributed by atoms with Gasteiger partial charge in [0, 0.05) is 5.56 Å². The molecule has 0 bridgehead atoms. The number of carbonyl (C=O) groups is 1. The van der Waals surface area contributed by atoms with Crippen LogP contribution in [0, 0.1) is 13.8 Å². The Bertz CT molecular complexity index is 994. The molecule has 7 heteroatoms. The third kappa shape index (κ3) is 4.34. The maximum Gasteiger partial charge on any atom is 0.251 e. The van der Waals surface area contributed by atoms with E-state index in [0.717, 1.165) is 22.8 Å². The normalized spacial score (nSPS) is 15.0. The maximum atomic E-state index is 12.5. The van der Waals surface area contributed by atoms with Crippen molar-refractivity contribution in [2.75, 3.05) is 13.2 Å². The summed E-state index contributed by atoms with van der Waals surface area (Å²) in [6.45, 7) is 4.78. The number of hydrogen-bond donors (Lipinski definition) is 1. The van der Waals surface area contributed by atoms with Crippen molar-refractivity contribution < 1.29 is 23.5 Å². The van der Waals surface area contributed by atoms with Gasteiger partial charge >= 0.3 is 0 Å². The summed E-state index contributed by atoms with van der Waals surface area (Å²) in [6, 6.07) is 14.5. The van der Waals surface area contributed by atoms with Crippen molar-refractivity contribution in [3.63, 3.8) is 0 Å². The van der Waals surface area contributed by atoms with Crippen molar-refractivity contribution in [3.8, 4) is 17.2 Å². The molecule has 0 saturated heterocycles. The number of ether oxygens (including phenoxy) is 3. The summed E-state index contributed by atoms with van der Waals surface area (Å²) >= 11 is 0. The molecule has 0 saturated carbocycles. The lowest BCUT2D eigenvalue weighted by atomic mass is 10.2. The van der Waals surface area contributed by atoms with E-state index in [2.05, 4.69) is 10.5 Å². The number of carbonyl (C=O) groups excluding carboxylic acids is 1. The van der Waals surface area contributed by atoms with Crippen LogP contribution in [0.5, 0.6) is 17.2 Å². The Morgan fingerprint density at radius 2 is 2.00 bits per heavy atom. The van der Waals surface area contributed by atoms with E-state index in [0.29, 0.717) is 36.8 Å². The van der Waals surface area contributed by atoms with Crippen LogP contribution in [-0.2, 0) is 6.61 Å². The monoisotopic (exact) mass is 394 g/mol. The summed E-state index contributed by atoms with van der Waals surface area (Å²) in [7, 11) is 0. The highest BCUT2D eigenvalue weighted by atomic mass is 16.6. The van der Waals surface area contributed by atoms with Gasteiger partial charge in [-0.1, -0.05) is 23.4 Å². The zero-order valence-corrected chi connectivity index (χ0v) is 16.3. The number of aryl methyl sites for hydroxylation is 2. The second kappa shape index (κ2) is 8.26. The summed E-state index contributed by atoms with van der Waals surface area (Å²) in [4.78, 5) is 12.5. The van der Waals surface area contributed by atoms with Crippen LogP contribution in [0.3, 0.4) is 0 Å². The minimum absolute atomic E-state index is 0.199. The third-order valence-electron chi connectivity index (χ3n) is 4.72. The zero-order valence-electron chi connectivity index (χ0n) is 16.3. The molecule has 1 atom stereocenters. The Morgan fingerprint density at radius 1 is 1.17 bits per heavy atom. The van der Waals surface area contributed by atoms with Gasteiger partial charge in [-0.05, 0) is 44.2 Å². The van der Waals surface area contributed by atoms with Gasteiger partial charge in [-0.3, -0.25) is 4.79 Å². The van der Waals surface area contributed by atoms with Crippen LogP contribution >= 0.6 is 0 Å². The number of rotatable bonds is 6. The summed E-state index contributed by atoms with van der Waals surface area (Å²) in [5, 5.41) is 6.81. The van der Waals surface area contributed by atoms with E-state index in [1.165, 1.54) is 0 Å². The second-order valence-corrected chi connectivity index (χ2v) is 6.83. The molecule has 0 radical (unpaired) electrons. The van der Waals surface area contributed by atoms with Gasteiger partial charge < -0.3 is 24.1 Å². The number of hydrogen-bond acceptors (Lipinski definition) is 6. The predicted octanol–water partition coefficient (Wildman–Crippen LogP) is 3.44. The number of fused-ring (bicyclic) bond motifs is 1. The molecule has 4 rings (SSSR count). The summed E-state index contributed by atoms with van der Waals surface area (Å²) in [6.07, 6.45) is -0.243. The molecule has 1 aliphatic heterocycles. The SMILES string of the molecule is Cc1noc(C)c1COc1cccc(C(=O)NCC2COc3ccccc3O2)c1. The van der Waals surface area contributed by atoms with E-state index in [4.69, 9.17) is 18.7 Å². The van der Waals surface area contributed by atoms with Crippen LogP contribution in [0.4, 0.5) is 0 Å². The van der Waals surface area contributed by atoms with Crippen molar-refractivity contribution in [3.05, 3.63) is 71.1 Å². The molecular formula is C22H22N2O5. The first-order valence-corrected chi connectivity index (χ1v) is 9.41. The smallest absolute Gasteiger partial charge is 0.251 e. The highest BCUT2D eigenvalue weighted by Gasteiger charge is 2.21.